The van der Waals surface area contributed by atoms with Crippen molar-refractivity contribution in [1.82, 2.24) is 10.2 Å². The summed E-state index contributed by atoms with van der Waals surface area (Å²) in [4.78, 5) is 14.8. The lowest BCUT2D eigenvalue weighted by Crippen LogP contribution is -2.36. The Morgan fingerprint density at radius 1 is 0.659 bits per heavy atom. The van der Waals surface area contributed by atoms with Crippen molar-refractivity contribution in [3.63, 3.8) is 0 Å². The van der Waals surface area contributed by atoms with E-state index in [1.165, 1.54) is 103 Å². The Kier molecular flexibility index (Phi) is 35.6. The van der Waals surface area contributed by atoms with Crippen LogP contribution in [0.3, 0.4) is 0 Å². The van der Waals surface area contributed by atoms with Gasteiger partial charge in [-0.3, -0.25) is 0 Å². The normalized spacial score (nSPS) is 13.0. The van der Waals surface area contributed by atoms with Gasteiger partial charge in [0, 0.05) is 14.5 Å². The number of hydrogen-bond donors (Lipinski definition) is 1. The van der Waals surface area contributed by atoms with Crippen LogP contribution in [0.5, 0.6) is 0 Å². The number of nitrogens with zero attached hydrogens (tertiary/aromatic N) is 1. The van der Waals surface area contributed by atoms with E-state index in [0.717, 1.165) is 38.6 Å². The summed E-state index contributed by atoms with van der Waals surface area (Å²) in [7, 11) is 4.05. The third-order valence-electron chi connectivity index (χ3n) is 7.64. The van der Waals surface area contributed by atoms with Crippen LogP contribution in [0.25, 0.3) is 0 Å². The van der Waals surface area contributed by atoms with Crippen LogP contribution in [-0.4, -0.2) is 44.3 Å². The van der Waals surface area contributed by atoms with E-state index >= 15 is 0 Å². The predicted molar refractivity (Wildman–Crippen MR) is 186 cm³/mol. The first-order valence-electron chi connectivity index (χ1n) is 17.9. The number of unbranched alkanes of at least 4 members (excludes halogenated alkanes) is 13. The Hall–Kier alpha value is -1.29. The molecule has 0 aromatic rings. The molecule has 0 saturated heterocycles. The molecule has 0 saturated carbocycles. The van der Waals surface area contributed by atoms with E-state index in [1.807, 2.05) is 27.9 Å². The summed E-state index contributed by atoms with van der Waals surface area (Å²) in [5.74, 6) is 0.447. The van der Waals surface area contributed by atoms with Gasteiger partial charge in [0.2, 0.25) is 0 Å². The van der Waals surface area contributed by atoms with Crippen LogP contribution in [0.15, 0.2) is 24.3 Å². The van der Waals surface area contributed by atoms with Crippen LogP contribution in [0, 0.1) is 5.92 Å². The summed E-state index contributed by atoms with van der Waals surface area (Å²) in [5, 5.41) is 2.99. The van der Waals surface area contributed by atoms with E-state index in [9.17, 15) is 4.79 Å². The monoisotopic (exact) mass is 581 g/mol. The SMILES string of the molecule is CC.CCCCC/C=C\CCCC(CCCCCCCCC)C(CC/C=C\CCCCC)OC(=O)NCCN(C)C.[HH]. The quantitative estimate of drug-likeness (QED) is 0.0739. The Bertz CT molecular complexity index is 580. The summed E-state index contributed by atoms with van der Waals surface area (Å²) < 4.78 is 6.15. The van der Waals surface area contributed by atoms with Crippen molar-refractivity contribution in [2.75, 3.05) is 27.2 Å². The van der Waals surface area contributed by atoms with Gasteiger partial charge in [0.25, 0.3) is 0 Å². The second kappa shape index (κ2) is 34.9. The highest BCUT2D eigenvalue weighted by Crippen LogP contribution is 2.27. The molecule has 4 heteroatoms. The molecule has 1 N–H and O–H groups in total. The summed E-state index contributed by atoms with van der Waals surface area (Å²) in [5.41, 5.74) is 0. The molecule has 0 aromatic heterocycles. The van der Waals surface area contributed by atoms with Gasteiger partial charge in [-0.15, -0.1) is 0 Å². The summed E-state index contributed by atoms with van der Waals surface area (Å²) in [6.45, 7) is 12.2. The molecule has 1 amide bonds. The number of likely N-dealkylation sites (N-methyl/N-ethyl adjacent to an activating group) is 1. The molecule has 246 valence electrons. The van der Waals surface area contributed by atoms with Crippen molar-refractivity contribution in [3.05, 3.63) is 24.3 Å². The summed E-state index contributed by atoms with van der Waals surface area (Å²) in [6, 6.07) is 0. The standard InChI is InChI=1S/C35H68N2O2.C2H6.H2/c1-6-9-12-15-18-21-23-26-29-33(28-25-22-19-16-13-10-7-2)34(30-27-24-20-17-14-11-8-3)39-35(38)36-31-32-37(4)5;1-2;/h18,20-21,24,33-34H,6-17,19,22-23,25-32H2,1-5H3,(H,36,38);1-2H3;1H/b21-18-,24-20-;;. The zero-order valence-corrected chi connectivity index (χ0v) is 29.0. The maximum absolute atomic E-state index is 12.7. The first-order chi connectivity index (χ1) is 20.0. The number of carbonyl (C=O) groups excluding carboxylic acids is 1. The van der Waals surface area contributed by atoms with Crippen molar-refractivity contribution in [3.8, 4) is 0 Å². The molecule has 0 bridgehead atoms. The molecular formula is C37H76N2O2. The number of hydrogen-bond acceptors (Lipinski definition) is 3. The molecule has 0 aliphatic carbocycles. The highest BCUT2D eigenvalue weighted by atomic mass is 16.6. The average molecular weight is 581 g/mol. The summed E-state index contributed by atoms with van der Waals surface area (Å²) in [6.07, 6.45) is 35.1. The van der Waals surface area contributed by atoms with Gasteiger partial charge >= 0.3 is 6.09 Å². The molecule has 2 atom stereocenters. The van der Waals surface area contributed by atoms with Crippen LogP contribution in [-0.2, 0) is 4.74 Å². The first kappa shape index (κ1) is 41.8. The fourth-order valence-electron chi connectivity index (χ4n) is 5.09. The van der Waals surface area contributed by atoms with Crippen molar-refractivity contribution < 1.29 is 11.0 Å². The fourth-order valence-corrected chi connectivity index (χ4v) is 5.09. The van der Waals surface area contributed by atoms with E-state index in [-0.39, 0.29) is 13.6 Å². The second-order valence-corrected chi connectivity index (χ2v) is 11.8. The van der Waals surface area contributed by atoms with Gasteiger partial charge in [0.05, 0.1) is 0 Å². The van der Waals surface area contributed by atoms with E-state index in [2.05, 4.69) is 55.3 Å². The molecule has 0 rings (SSSR count). The largest absolute Gasteiger partial charge is 0.446 e. The van der Waals surface area contributed by atoms with Crippen molar-refractivity contribution in [2.45, 2.75) is 176 Å². The molecule has 0 radical (unpaired) electrons. The van der Waals surface area contributed by atoms with Gasteiger partial charge < -0.3 is 15.0 Å². The molecule has 2 unspecified atom stereocenters. The number of ether oxygens (including phenoxy) is 1. The number of rotatable bonds is 28. The highest BCUT2D eigenvalue weighted by molar-refractivity contribution is 5.67. The molecule has 4 nitrogen and oxygen atoms in total. The number of amides is 1. The smallest absolute Gasteiger partial charge is 0.407 e. The lowest BCUT2D eigenvalue weighted by atomic mass is 9.87. The van der Waals surface area contributed by atoms with Gasteiger partial charge in [-0.25, -0.2) is 4.79 Å². The van der Waals surface area contributed by atoms with E-state index in [0.29, 0.717) is 12.5 Å². The maximum atomic E-state index is 12.7. The Labute approximate surface area is 260 Å². The second-order valence-electron chi connectivity index (χ2n) is 11.8. The molecule has 0 aliphatic rings. The Morgan fingerprint density at radius 2 is 1.12 bits per heavy atom. The third kappa shape index (κ3) is 31.5. The number of carbonyl (C=O) groups is 1. The minimum Gasteiger partial charge on any atom is -0.446 e. The van der Waals surface area contributed by atoms with Crippen molar-refractivity contribution >= 4 is 6.09 Å². The zero-order chi connectivity index (χ0) is 30.8. The van der Waals surface area contributed by atoms with Gasteiger partial charge in [0.15, 0.2) is 0 Å². The number of alkyl carbamates (subject to hydrolysis) is 1. The van der Waals surface area contributed by atoms with Crippen molar-refractivity contribution in [2.24, 2.45) is 5.92 Å². The topological polar surface area (TPSA) is 41.6 Å². The lowest BCUT2D eigenvalue weighted by molar-refractivity contribution is 0.0486. The minimum absolute atomic E-state index is 0. The van der Waals surface area contributed by atoms with Crippen LogP contribution < -0.4 is 5.32 Å². The van der Waals surface area contributed by atoms with Crippen LogP contribution in [0.2, 0.25) is 0 Å². The Balaban J connectivity index is -0.00000495. The van der Waals surface area contributed by atoms with Gasteiger partial charge in [0.1, 0.15) is 6.10 Å². The van der Waals surface area contributed by atoms with E-state index < -0.39 is 0 Å². The predicted octanol–water partition coefficient (Wildman–Crippen LogP) is 11.9. The lowest BCUT2D eigenvalue weighted by Gasteiger charge is -2.27. The molecular weight excluding hydrogens is 504 g/mol. The van der Waals surface area contributed by atoms with Gasteiger partial charge in [-0.2, -0.15) is 0 Å². The van der Waals surface area contributed by atoms with Gasteiger partial charge in [-0.05, 0) is 84.2 Å². The van der Waals surface area contributed by atoms with E-state index in [4.69, 9.17) is 4.74 Å². The number of nitrogens with one attached hydrogen (secondary N) is 1. The molecule has 0 heterocycles. The third-order valence-corrected chi connectivity index (χ3v) is 7.64. The van der Waals surface area contributed by atoms with Crippen LogP contribution in [0.1, 0.15) is 171 Å². The molecule has 41 heavy (non-hydrogen) atoms. The molecule has 0 spiro atoms. The van der Waals surface area contributed by atoms with Crippen molar-refractivity contribution in [1.29, 1.82) is 0 Å². The van der Waals surface area contributed by atoms with Gasteiger partial charge in [-0.1, -0.05) is 130 Å². The fraction of sp³-hybridized carbons (Fsp3) is 0.865. The van der Waals surface area contributed by atoms with Crippen LogP contribution >= 0.6 is 0 Å². The number of allylic oxidation sites excluding steroid dienone is 4. The zero-order valence-electron chi connectivity index (χ0n) is 29.0. The van der Waals surface area contributed by atoms with E-state index in [1.54, 1.807) is 0 Å². The molecule has 0 aromatic carbocycles. The molecule has 0 fully saturated rings. The average Bonchev–Trinajstić information content (AvgIpc) is 2.96. The first-order valence-corrected chi connectivity index (χ1v) is 17.9. The summed E-state index contributed by atoms with van der Waals surface area (Å²) >= 11 is 0. The highest BCUT2D eigenvalue weighted by Gasteiger charge is 2.24. The van der Waals surface area contributed by atoms with Crippen LogP contribution in [0.4, 0.5) is 4.79 Å². The molecule has 0 aliphatic heterocycles. The maximum Gasteiger partial charge on any atom is 0.407 e. The minimum atomic E-state index is -0.242. The Morgan fingerprint density at radius 3 is 1.68 bits per heavy atom.